The van der Waals surface area contributed by atoms with Crippen LogP contribution in [0.25, 0.3) is 0 Å². The van der Waals surface area contributed by atoms with Crippen molar-refractivity contribution in [2.24, 2.45) is 0 Å². The molecule has 5 heteroatoms. The second-order valence-corrected chi connectivity index (χ2v) is 2.64. The molecule has 13 heavy (non-hydrogen) atoms. The van der Waals surface area contributed by atoms with Gasteiger partial charge in [-0.25, -0.2) is 4.39 Å². The zero-order chi connectivity index (χ0) is 9.42. The van der Waals surface area contributed by atoms with E-state index in [0.29, 0.717) is 0 Å². The van der Waals surface area contributed by atoms with Gasteiger partial charge in [-0.3, -0.25) is 4.79 Å². The molecule has 0 unspecified atom stereocenters. The standard InChI is InChI=1S/C8H6FNO3/c9-5-1-4(11)2-6-8(5)13-3-7(12)10-6/h1-2,11H,3H2,(H,10,12). The minimum Gasteiger partial charge on any atom is -0.508 e. The van der Waals surface area contributed by atoms with E-state index in [1.165, 1.54) is 6.07 Å². The third kappa shape index (κ3) is 1.28. The molecule has 0 aliphatic carbocycles. The Morgan fingerprint density at radius 2 is 2.31 bits per heavy atom. The van der Waals surface area contributed by atoms with Crippen molar-refractivity contribution in [3.05, 3.63) is 17.9 Å². The van der Waals surface area contributed by atoms with Gasteiger partial charge in [0.05, 0.1) is 5.69 Å². The summed E-state index contributed by atoms with van der Waals surface area (Å²) in [5, 5.41) is 11.4. The molecule has 0 fully saturated rings. The van der Waals surface area contributed by atoms with Crippen LogP contribution in [0.15, 0.2) is 12.1 Å². The van der Waals surface area contributed by atoms with Gasteiger partial charge < -0.3 is 15.2 Å². The molecule has 2 rings (SSSR count). The van der Waals surface area contributed by atoms with Crippen molar-refractivity contribution in [2.45, 2.75) is 0 Å². The van der Waals surface area contributed by atoms with Gasteiger partial charge in [0.15, 0.2) is 18.2 Å². The molecule has 68 valence electrons. The molecule has 1 amide bonds. The number of phenols is 1. The van der Waals surface area contributed by atoms with Gasteiger partial charge in [0, 0.05) is 12.1 Å². The van der Waals surface area contributed by atoms with Crippen LogP contribution < -0.4 is 10.1 Å². The highest BCUT2D eigenvalue weighted by Crippen LogP contribution is 2.33. The van der Waals surface area contributed by atoms with Crippen molar-refractivity contribution in [3.63, 3.8) is 0 Å². The van der Waals surface area contributed by atoms with E-state index in [-0.39, 0.29) is 29.7 Å². The maximum Gasteiger partial charge on any atom is 0.262 e. The largest absolute Gasteiger partial charge is 0.508 e. The lowest BCUT2D eigenvalue weighted by atomic mass is 10.2. The summed E-state index contributed by atoms with van der Waals surface area (Å²) in [6.07, 6.45) is 0. The number of carbonyl (C=O) groups is 1. The van der Waals surface area contributed by atoms with E-state index in [0.717, 1.165) is 6.07 Å². The number of rotatable bonds is 0. The number of carbonyl (C=O) groups excluding carboxylic acids is 1. The number of ether oxygens (including phenoxy) is 1. The molecule has 1 heterocycles. The van der Waals surface area contributed by atoms with Gasteiger partial charge >= 0.3 is 0 Å². The first kappa shape index (κ1) is 7.85. The molecule has 0 saturated heterocycles. The normalized spacial score (nSPS) is 14.4. The SMILES string of the molecule is O=C1COc2c(F)cc(O)cc2N1. The quantitative estimate of drug-likeness (QED) is 0.627. The summed E-state index contributed by atoms with van der Waals surface area (Å²) in [6.45, 7) is -0.200. The van der Waals surface area contributed by atoms with Crippen molar-refractivity contribution in [3.8, 4) is 11.5 Å². The fraction of sp³-hybridized carbons (Fsp3) is 0.125. The Morgan fingerprint density at radius 1 is 1.54 bits per heavy atom. The number of fused-ring (bicyclic) bond motifs is 1. The van der Waals surface area contributed by atoms with Crippen LogP contribution in [0.1, 0.15) is 0 Å². The Kier molecular flexibility index (Phi) is 1.58. The molecule has 0 bridgehead atoms. The summed E-state index contributed by atoms with van der Waals surface area (Å²) in [6, 6.07) is 2.16. The second-order valence-electron chi connectivity index (χ2n) is 2.64. The van der Waals surface area contributed by atoms with Gasteiger partial charge in [-0.2, -0.15) is 0 Å². The van der Waals surface area contributed by atoms with E-state index in [2.05, 4.69) is 5.32 Å². The predicted octanol–water partition coefficient (Wildman–Crippen LogP) is 0.862. The highest BCUT2D eigenvalue weighted by Gasteiger charge is 2.20. The number of phenolic OH excluding ortho intramolecular Hbond substituents is 1. The molecule has 2 N–H and O–H groups in total. The topological polar surface area (TPSA) is 58.6 Å². The molecule has 1 aromatic rings. The van der Waals surface area contributed by atoms with Crippen LogP contribution in [0.3, 0.4) is 0 Å². The fourth-order valence-electron chi connectivity index (χ4n) is 1.14. The van der Waals surface area contributed by atoms with E-state index < -0.39 is 5.82 Å². The maximum absolute atomic E-state index is 13.0. The lowest BCUT2D eigenvalue weighted by Gasteiger charge is -2.18. The Hall–Kier alpha value is -1.78. The molecular formula is C8H6FNO3. The van der Waals surface area contributed by atoms with Crippen LogP contribution in [0.4, 0.5) is 10.1 Å². The minimum absolute atomic E-state index is 0.0302. The molecule has 0 spiro atoms. The summed E-state index contributed by atoms with van der Waals surface area (Å²) < 4.78 is 17.8. The Morgan fingerprint density at radius 3 is 3.08 bits per heavy atom. The zero-order valence-electron chi connectivity index (χ0n) is 6.50. The third-order valence-electron chi connectivity index (χ3n) is 1.65. The van der Waals surface area contributed by atoms with Crippen LogP contribution >= 0.6 is 0 Å². The molecule has 1 aromatic carbocycles. The smallest absolute Gasteiger partial charge is 0.262 e. The summed E-state index contributed by atoms with van der Waals surface area (Å²) in [5.41, 5.74) is 0.161. The van der Waals surface area contributed by atoms with Gasteiger partial charge in [-0.05, 0) is 0 Å². The molecular weight excluding hydrogens is 177 g/mol. The molecule has 1 aliphatic heterocycles. The highest BCUT2D eigenvalue weighted by molar-refractivity contribution is 5.95. The monoisotopic (exact) mass is 183 g/mol. The summed E-state index contributed by atoms with van der Waals surface area (Å²) in [4.78, 5) is 10.8. The van der Waals surface area contributed by atoms with Crippen LogP contribution in [0, 0.1) is 5.82 Å². The minimum atomic E-state index is -0.685. The summed E-state index contributed by atoms with van der Waals surface area (Å²) >= 11 is 0. The predicted molar refractivity (Wildman–Crippen MR) is 42.2 cm³/mol. The highest BCUT2D eigenvalue weighted by atomic mass is 19.1. The molecule has 0 atom stereocenters. The Labute approximate surface area is 72.9 Å². The molecule has 4 nitrogen and oxygen atoms in total. The lowest BCUT2D eigenvalue weighted by molar-refractivity contribution is -0.118. The number of aromatic hydroxyl groups is 1. The number of hydrogen-bond donors (Lipinski definition) is 2. The average molecular weight is 183 g/mol. The van der Waals surface area contributed by atoms with Crippen LogP contribution in [-0.2, 0) is 4.79 Å². The average Bonchev–Trinajstić information content (AvgIpc) is 2.02. The number of hydrogen-bond acceptors (Lipinski definition) is 3. The first-order chi connectivity index (χ1) is 6.16. The van der Waals surface area contributed by atoms with Crippen molar-refractivity contribution >= 4 is 11.6 Å². The fourth-order valence-corrected chi connectivity index (χ4v) is 1.14. The number of amides is 1. The van der Waals surface area contributed by atoms with Gasteiger partial charge in [-0.1, -0.05) is 0 Å². The number of benzene rings is 1. The molecule has 1 aliphatic rings. The number of nitrogens with one attached hydrogen (secondary N) is 1. The van der Waals surface area contributed by atoms with E-state index in [1.54, 1.807) is 0 Å². The summed E-state index contributed by atoms with van der Waals surface area (Å²) in [5.74, 6) is -1.33. The number of anilines is 1. The van der Waals surface area contributed by atoms with E-state index in [1.807, 2.05) is 0 Å². The van der Waals surface area contributed by atoms with Crippen LogP contribution in [0.5, 0.6) is 11.5 Å². The lowest BCUT2D eigenvalue weighted by Crippen LogP contribution is -2.25. The number of halogens is 1. The van der Waals surface area contributed by atoms with Crippen molar-refractivity contribution < 1.29 is 19.0 Å². The van der Waals surface area contributed by atoms with Crippen molar-refractivity contribution in [2.75, 3.05) is 11.9 Å². The van der Waals surface area contributed by atoms with Crippen LogP contribution in [0.2, 0.25) is 0 Å². The Bertz CT molecular complexity index is 378. The van der Waals surface area contributed by atoms with Gasteiger partial charge in [0.1, 0.15) is 5.75 Å². The van der Waals surface area contributed by atoms with Crippen molar-refractivity contribution in [1.29, 1.82) is 0 Å². The van der Waals surface area contributed by atoms with E-state index in [4.69, 9.17) is 9.84 Å². The van der Waals surface area contributed by atoms with Crippen LogP contribution in [-0.4, -0.2) is 17.6 Å². The van der Waals surface area contributed by atoms with Gasteiger partial charge in [-0.15, -0.1) is 0 Å². The maximum atomic E-state index is 13.0. The molecule has 0 aromatic heterocycles. The first-order valence-corrected chi connectivity index (χ1v) is 3.62. The van der Waals surface area contributed by atoms with E-state index >= 15 is 0 Å². The second kappa shape index (κ2) is 2.62. The van der Waals surface area contributed by atoms with E-state index in [9.17, 15) is 9.18 Å². The Balaban J connectivity index is 2.53. The molecule has 0 radical (unpaired) electrons. The van der Waals surface area contributed by atoms with Crippen molar-refractivity contribution in [1.82, 2.24) is 0 Å². The zero-order valence-corrected chi connectivity index (χ0v) is 6.50. The summed E-state index contributed by atoms with van der Waals surface area (Å²) in [7, 11) is 0. The third-order valence-corrected chi connectivity index (χ3v) is 1.65. The molecule has 0 saturated carbocycles. The van der Waals surface area contributed by atoms with Gasteiger partial charge in [0.2, 0.25) is 0 Å². The van der Waals surface area contributed by atoms with Gasteiger partial charge in [0.25, 0.3) is 5.91 Å². The first-order valence-electron chi connectivity index (χ1n) is 3.62.